The van der Waals surface area contributed by atoms with Crippen molar-refractivity contribution in [1.82, 2.24) is 10.3 Å². The van der Waals surface area contributed by atoms with Crippen LogP contribution in [0.4, 0.5) is 5.69 Å². The molecule has 0 unspecified atom stereocenters. The molecule has 2 rings (SSSR count). The number of anilines is 1. The molecular weight excluding hydrogens is 346 g/mol. The van der Waals surface area contributed by atoms with Gasteiger partial charge in [0.05, 0.1) is 37.2 Å². The van der Waals surface area contributed by atoms with Gasteiger partial charge in [-0.3, -0.25) is 14.6 Å². The maximum Gasteiger partial charge on any atom is 0.233 e. The van der Waals surface area contributed by atoms with Crippen molar-refractivity contribution >= 4 is 29.1 Å². The van der Waals surface area contributed by atoms with E-state index in [0.717, 1.165) is 0 Å². The number of amides is 2. The highest BCUT2D eigenvalue weighted by Gasteiger charge is 2.15. The summed E-state index contributed by atoms with van der Waals surface area (Å²) in [7, 11) is 2.91. The monoisotopic (exact) mass is 363 g/mol. The molecule has 2 aromatic rings. The molecule has 0 radical (unpaired) electrons. The van der Waals surface area contributed by atoms with Crippen LogP contribution in [-0.2, 0) is 16.1 Å². The van der Waals surface area contributed by atoms with E-state index in [1.807, 2.05) is 6.07 Å². The minimum absolute atomic E-state index is 0.255. The Hall–Kier alpha value is -2.80. The molecule has 2 amide bonds. The van der Waals surface area contributed by atoms with E-state index in [1.165, 1.54) is 26.4 Å². The van der Waals surface area contributed by atoms with Crippen molar-refractivity contribution in [3.05, 3.63) is 47.2 Å². The fourth-order valence-corrected chi connectivity index (χ4v) is 2.28. The normalized spacial score (nSPS) is 10.0. The first kappa shape index (κ1) is 18.5. The van der Waals surface area contributed by atoms with E-state index in [1.54, 1.807) is 18.3 Å². The van der Waals surface area contributed by atoms with Crippen LogP contribution >= 0.6 is 11.6 Å². The van der Waals surface area contributed by atoms with Gasteiger partial charge in [0.25, 0.3) is 0 Å². The number of hydrogen-bond donors (Lipinski definition) is 2. The molecule has 8 heteroatoms. The molecule has 1 aromatic heterocycles. The molecule has 0 aliphatic carbocycles. The summed E-state index contributed by atoms with van der Waals surface area (Å²) in [4.78, 5) is 28.0. The number of carbonyl (C=O) groups is 2. The van der Waals surface area contributed by atoms with Gasteiger partial charge in [-0.05, 0) is 12.1 Å². The SMILES string of the molecule is COc1cc(NC(=O)CC(=O)NCc2ccccn2)c(OC)cc1Cl. The zero-order chi connectivity index (χ0) is 18.2. The summed E-state index contributed by atoms with van der Waals surface area (Å²) >= 11 is 6.01. The minimum Gasteiger partial charge on any atom is -0.495 e. The van der Waals surface area contributed by atoms with Crippen LogP contribution in [0.3, 0.4) is 0 Å². The predicted molar refractivity (Wildman–Crippen MR) is 93.9 cm³/mol. The van der Waals surface area contributed by atoms with E-state index in [-0.39, 0.29) is 13.0 Å². The molecule has 132 valence electrons. The summed E-state index contributed by atoms with van der Waals surface area (Å²) in [6.07, 6.45) is 1.30. The topological polar surface area (TPSA) is 89.5 Å². The van der Waals surface area contributed by atoms with Crippen LogP contribution in [0.5, 0.6) is 11.5 Å². The van der Waals surface area contributed by atoms with Gasteiger partial charge in [0, 0.05) is 18.3 Å². The van der Waals surface area contributed by atoms with Crippen molar-refractivity contribution in [3.63, 3.8) is 0 Å². The van der Waals surface area contributed by atoms with Gasteiger partial charge in [-0.25, -0.2) is 0 Å². The fraction of sp³-hybridized carbons (Fsp3) is 0.235. The first-order valence-corrected chi connectivity index (χ1v) is 7.79. The number of halogens is 1. The molecule has 0 fully saturated rings. The molecule has 25 heavy (non-hydrogen) atoms. The summed E-state index contributed by atoms with van der Waals surface area (Å²) in [5.41, 5.74) is 1.08. The van der Waals surface area contributed by atoms with Gasteiger partial charge < -0.3 is 20.1 Å². The van der Waals surface area contributed by atoms with E-state index in [9.17, 15) is 9.59 Å². The smallest absolute Gasteiger partial charge is 0.233 e. The first-order chi connectivity index (χ1) is 12.0. The number of nitrogens with zero attached hydrogens (tertiary/aromatic N) is 1. The third-order valence-corrected chi connectivity index (χ3v) is 3.56. The summed E-state index contributed by atoms with van der Waals surface area (Å²) in [6.45, 7) is 0.255. The van der Waals surface area contributed by atoms with Crippen LogP contribution in [0.25, 0.3) is 0 Å². The second-order valence-electron chi connectivity index (χ2n) is 5.01. The van der Waals surface area contributed by atoms with Gasteiger partial charge in [0.15, 0.2) is 0 Å². The summed E-state index contributed by atoms with van der Waals surface area (Å²) in [5.74, 6) is -0.144. The molecule has 0 bridgehead atoms. The quantitative estimate of drug-likeness (QED) is 0.737. The largest absolute Gasteiger partial charge is 0.495 e. The molecule has 0 spiro atoms. The lowest BCUT2D eigenvalue weighted by Crippen LogP contribution is -2.28. The molecule has 0 saturated heterocycles. The van der Waals surface area contributed by atoms with Crippen LogP contribution in [0.15, 0.2) is 36.5 Å². The molecule has 2 N–H and O–H groups in total. The Morgan fingerprint density at radius 3 is 2.52 bits per heavy atom. The van der Waals surface area contributed by atoms with E-state index >= 15 is 0 Å². The fourth-order valence-electron chi connectivity index (χ4n) is 2.05. The van der Waals surface area contributed by atoms with E-state index in [4.69, 9.17) is 21.1 Å². The molecule has 7 nitrogen and oxygen atoms in total. The van der Waals surface area contributed by atoms with Crippen molar-refractivity contribution < 1.29 is 19.1 Å². The van der Waals surface area contributed by atoms with Gasteiger partial charge in [-0.15, -0.1) is 0 Å². The summed E-state index contributed by atoms with van der Waals surface area (Å²) in [6, 6.07) is 8.45. The number of ether oxygens (including phenoxy) is 2. The third-order valence-electron chi connectivity index (χ3n) is 3.26. The van der Waals surface area contributed by atoms with Gasteiger partial charge in [-0.1, -0.05) is 17.7 Å². The average Bonchev–Trinajstić information content (AvgIpc) is 2.61. The molecule has 0 atom stereocenters. The average molecular weight is 364 g/mol. The maximum absolute atomic E-state index is 12.1. The molecule has 1 aromatic carbocycles. The highest BCUT2D eigenvalue weighted by Crippen LogP contribution is 2.35. The predicted octanol–water partition coefficient (Wildman–Crippen LogP) is 2.40. The number of methoxy groups -OCH3 is 2. The molecule has 0 aliphatic rings. The standard InChI is InChI=1S/C17H18ClN3O4/c1-24-14-8-13(15(25-2)7-12(14)18)21-17(23)9-16(22)20-10-11-5-3-4-6-19-11/h3-8H,9-10H2,1-2H3,(H,20,22)(H,21,23). The van der Waals surface area contributed by atoms with Gasteiger partial charge >= 0.3 is 0 Å². The van der Waals surface area contributed by atoms with Crippen LogP contribution in [0.2, 0.25) is 5.02 Å². The maximum atomic E-state index is 12.1. The molecule has 0 saturated carbocycles. The number of aromatic nitrogens is 1. The number of pyridine rings is 1. The Kier molecular flexibility index (Phi) is 6.59. The number of carbonyl (C=O) groups excluding carboxylic acids is 2. The first-order valence-electron chi connectivity index (χ1n) is 7.41. The van der Waals surface area contributed by atoms with Crippen molar-refractivity contribution in [2.45, 2.75) is 13.0 Å². The zero-order valence-electron chi connectivity index (χ0n) is 13.8. The minimum atomic E-state index is -0.485. The molecular formula is C17H18ClN3O4. The van der Waals surface area contributed by atoms with Crippen molar-refractivity contribution in [2.75, 3.05) is 19.5 Å². The van der Waals surface area contributed by atoms with Crippen LogP contribution in [0, 0.1) is 0 Å². The van der Waals surface area contributed by atoms with Gasteiger partial charge in [-0.2, -0.15) is 0 Å². The van der Waals surface area contributed by atoms with Crippen LogP contribution < -0.4 is 20.1 Å². The third kappa shape index (κ3) is 5.36. The van der Waals surface area contributed by atoms with Crippen molar-refractivity contribution in [3.8, 4) is 11.5 Å². The Balaban J connectivity index is 1.94. The lowest BCUT2D eigenvalue weighted by Gasteiger charge is -2.13. The van der Waals surface area contributed by atoms with Crippen molar-refractivity contribution in [1.29, 1.82) is 0 Å². The highest BCUT2D eigenvalue weighted by molar-refractivity contribution is 6.32. The Bertz CT molecular complexity index is 753. The second kappa shape index (κ2) is 8.89. The zero-order valence-corrected chi connectivity index (χ0v) is 14.6. The number of rotatable bonds is 7. The molecule has 0 aliphatic heterocycles. The van der Waals surface area contributed by atoms with E-state index in [2.05, 4.69) is 15.6 Å². The van der Waals surface area contributed by atoms with Crippen LogP contribution in [-0.4, -0.2) is 31.0 Å². The highest BCUT2D eigenvalue weighted by atomic mass is 35.5. The van der Waals surface area contributed by atoms with E-state index < -0.39 is 11.8 Å². The number of hydrogen-bond acceptors (Lipinski definition) is 5. The summed E-state index contributed by atoms with van der Waals surface area (Å²) in [5, 5.41) is 5.60. The second-order valence-corrected chi connectivity index (χ2v) is 5.42. The lowest BCUT2D eigenvalue weighted by molar-refractivity contribution is -0.126. The summed E-state index contributed by atoms with van der Waals surface area (Å²) < 4.78 is 10.3. The number of benzene rings is 1. The van der Waals surface area contributed by atoms with Crippen LogP contribution in [0.1, 0.15) is 12.1 Å². The van der Waals surface area contributed by atoms with Gasteiger partial charge in [0.1, 0.15) is 17.9 Å². The lowest BCUT2D eigenvalue weighted by atomic mass is 10.2. The Morgan fingerprint density at radius 1 is 1.12 bits per heavy atom. The Morgan fingerprint density at radius 2 is 1.88 bits per heavy atom. The number of nitrogens with one attached hydrogen (secondary N) is 2. The van der Waals surface area contributed by atoms with E-state index in [0.29, 0.717) is 27.9 Å². The van der Waals surface area contributed by atoms with Crippen molar-refractivity contribution in [2.24, 2.45) is 0 Å². The van der Waals surface area contributed by atoms with Gasteiger partial charge in [0.2, 0.25) is 11.8 Å². The Labute approximate surface area is 150 Å². The molecule has 1 heterocycles.